The Morgan fingerprint density at radius 1 is 1.11 bits per heavy atom. The van der Waals surface area contributed by atoms with E-state index < -0.39 is 14.6 Å². The Hall–Kier alpha value is -3.51. The van der Waals surface area contributed by atoms with Crippen LogP contribution in [0, 0.1) is 6.92 Å². The lowest BCUT2D eigenvalue weighted by atomic mass is 10.1. The molecule has 1 saturated heterocycles. The Balaban J connectivity index is 1.42. The SMILES string of the molecule is Cc1n[nH]cc1NC(=O)Nc1ccc(-c2nc(N3CCOCC3)cc(C3(S(C)(=O)=O)CC3)n2)cc1. The molecule has 11 nitrogen and oxygen atoms in total. The van der Waals surface area contributed by atoms with Gasteiger partial charge in [0.1, 0.15) is 10.6 Å². The van der Waals surface area contributed by atoms with Crippen LogP contribution in [0.4, 0.5) is 22.0 Å². The molecule has 1 aliphatic carbocycles. The Labute approximate surface area is 203 Å². The van der Waals surface area contributed by atoms with Gasteiger partial charge in [-0.3, -0.25) is 5.10 Å². The molecule has 2 fully saturated rings. The number of aromatic nitrogens is 4. The van der Waals surface area contributed by atoms with Gasteiger partial charge in [0, 0.05) is 42.9 Å². The van der Waals surface area contributed by atoms with Crippen LogP contribution in [0.2, 0.25) is 0 Å². The number of amides is 2. The first kappa shape index (κ1) is 23.2. The molecule has 0 bridgehead atoms. The van der Waals surface area contributed by atoms with Crippen LogP contribution < -0.4 is 15.5 Å². The Bertz CT molecular complexity index is 1340. The summed E-state index contributed by atoms with van der Waals surface area (Å²) in [6, 6.07) is 8.54. The van der Waals surface area contributed by atoms with Crippen LogP contribution in [0.15, 0.2) is 36.5 Å². The molecule has 3 N–H and O–H groups in total. The summed E-state index contributed by atoms with van der Waals surface area (Å²) >= 11 is 0. The quantitative estimate of drug-likeness (QED) is 0.472. The fraction of sp³-hybridized carbons (Fsp3) is 0.391. The number of hydrogen-bond donors (Lipinski definition) is 3. The molecule has 184 valence electrons. The minimum absolute atomic E-state index is 0.390. The molecule has 0 unspecified atom stereocenters. The maximum Gasteiger partial charge on any atom is 0.323 e. The van der Waals surface area contributed by atoms with Crippen molar-refractivity contribution in [2.75, 3.05) is 48.1 Å². The number of nitrogens with one attached hydrogen (secondary N) is 3. The zero-order valence-corrected chi connectivity index (χ0v) is 20.4. The number of aromatic amines is 1. The third kappa shape index (κ3) is 4.71. The lowest BCUT2D eigenvalue weighted by molar-refractivity contribution is 0.122. The summed E-state index contributed by atoms with van der Waals surface area (Å²) in [6.45, 7) is 4.32. The van der Waals surface area contributed by atoms with Gasteiger partial charge >= 0.3 is 6.03 Å². The minimum atomic E-state index is -3.33. The van der Waals surface area contributed by atoms with Crippen molar-refractivity contribution in [3.05, 3.63) is 47.9 Å². The predicted molar refractivity (Wildman–Crippen MR) is 132 cm³/mol. The van der Waals surface area contributed by atoms with Gasteiger partial charge in [0.05, 0.1) is 30.3 Å². The molecule has 3 heterocycles. The number of urea groups is 1. The molecule has 2 amide bonds. The van der Waals surface area contributed by atoms with Crippen molar-refractivity contribution in [2.24, 2.45) is 0 Å². The highest BCUT2D eigenvalue weighted by molar-refractivity contribution is 7.91. The third-order valence-electron chi connectivity index (χ3n) is 6.41. The molecule has 0 radical (unpaired) electrons. The number of carbonyl (C=O) groups excluding carboxylic acids is 1. The summed E-state index contributed by atoms with van der Waals surface area (Å²) in [4.78, 5) is 23.8. The molecule has 0 spiro atoms. The first-order valence-corrected chi connectivity index (χ1v) is 13.2. The van der Waals surface area contributed by atoms with E-state index in [4.69, 9.17) is 14.7 Å². The number of morpholine rings is 1. The van der Waals surface area contributed by atoms with Crippen molar-refractivity contribution < 1.29 is 17.9 Å². The van der Waals surface area contributed by atoms with E-state index in [1.54, 1.807) is 43.5 Å². The summed E-state index contributed by atoms with van der Waals surface area (Å²) in [5, 5.41) is 12.2. The van der Waals surface area contributed by atoms with Crippen LogP contribution in [0.1, 0.15) is 24.2 Å². The number of ether oxygens (including phenoxy) is 1. The highest BCUT2D eigenvalue weighted by Crippen LogP contribution is 2.52. The average molecular weight is 498 g/mol. The number of hydrogen-bond acceptors (Lipinski definition) is 8. The number of rotatable bonds is 6. The van der Waals surface area contributed by atoms with Gasteiger partial charge in [0.15, 0.2) is 15.7 Å². The lowest BCUT2D eigenvalue weighted by Gasteiger charge is -2.29. The summed E-state index contributed by atoms with van der Waals surface area (Å²) in [5.41, 5.74) is 3.13. The van der Waals surface area contributed by atoms with E-state index in [2.05, 4.69) is 25.7 Å². The summed E-state index contributed by atoms with van der Waals surface area (Å²) in [6.07, 6.45) is 3.99. The van der Waals surface area contributed by atoms with Gasteiger partial charge in [-0.25, -0.2) is 23.2 Å². The Morgan fingerprint density at radius 3 is 2.43 bits per heavy atom. The number of anilines is 3. The predicted octanol–water partition coefficient (Wildman–Crippen LogP) is 2.69. The number of aryl methyl sites for hydroxylation is 1. The first-order valence-electron chi connectivity index (χ1n) is 11.4. The van der Waals surface area contributed by atoms with E-state index >= 15 is 0 Å². The Kier molecular flexibility index (Phi) is 5.93. The van der Waals surface area contributed by atoms with E-state index in [0.29, 0.717) is 73.5 Å². The van der Waals surface area contributed by atoms with Crippen molar-refractivity contribution in [1.82, 2.24) is 20.2 Å². The normalized spacial score (nSPS) is 17.1. The van der Waals surface area contributed by atoms with Gasteiger partial charge in [-0.15, -0.1) is 0 Å². The molecule has 12 heteroatoms. The van der Waals surface area contributed by atoms with Crippen molar-refractivity contribution >= 4 is 33.1 Å². The maximum atomic E-state index is 12.6. The number of nitrogens with zero attached hydrogens (tertiary/aromatic N) is 4. The minimum Gasteiger partial charge on any atom is -0.378 e. The van der Waals surface area contributed by atoms with Crippen molar-refractivity contribution in [3.63, 3.8) is 0 Å². The molecule has 0 atom stereocenters. The number of sulfone groups is 1. The van der Waals surface area contributed by atoms with E-state index in [1.165, 1.54) is 6.26 Å². The summed E-state index contributed by atoms with van der Waals surface area (Å²) in [7, 11) is -3.33. The molecule has 1 aromatic carbocycles. The van der Waals surface area contributed by atoms with Crippen molar-refractivity contribution in [3.8, 4) is 11.4 Å². The van der Waals surface area contributed by atoms with Crippen molar-refractivity contribution in [1.29, 1.82) is 0 Å². The van der Waals surface area contributed by atoms with Gasteiger partial charge in [-0.1, -0.05) is 0 Å². The van der Waals surface area contributed by atoms with E-state index in [-0.39, 0.29) is 6.03 Å². The fourth-order valence-electron chi connectivity index (χ4n) is 4.15. The van der Waals surface area contributed by atoms with E-state index in [9.17, 15) is 13.2 Å². The van der Waals surface area contributed by atoms with E-state index in [1.807, 2.05) is 0 Å². The molecule has 3 aromatic rings. The smallest absolute Gasteiger partial charge is 0.323 e. The first-order chi connectivity index (χ1) is 16.7. The maximum absolute atomic E-state index is 12.6. The molecule has 1 saturated carbocycles. The zero-order chi connectivity index (χ0) is 24.6. The number of carbonyl (C=O) groups is 1. The van der Waals surface area contributed by atoms with Gasteiger partial charge in [-0.2, -0.15) is 5.10 Å². The van der Waals surface area contributed by atoms with E-state index in [0.717, 1.165) is 5.56 Å². The lowest BCUT2D eigenvalue weighted by Crippen LogP contribution is -2.37. The molecular formula is C23H27N7O4S. The summed E-state index contributed by atoms with van der Waals surface area (Å²) < 4.78 is 29.7. The van der Waals surface area contributed by atoms with Gasteiger partial charge in [0.25, 0.3) is 0 Å². The van der Waals surface area contributed by atoms with Gasteiger partial charge in [0.2, 0.25) is 0 Å². The standard InChI is InChI=1S/C23H27N7O4S/c1-15-18(14-24-29-15)26-22(31)25-17-5-3-16(4-6-17)21-27-19(23(7-8-23)35(2,32)33)13-20(28-21)30-9-11-34-12-10-30/h3-6,13-14H,7-12H2,1-2H3,(H,24,29)(H2,25,26,31). The highest BCUT2D eigenvalue weighted by atomic mass is 32.2. The van der Waals surface area contributed by atoms with Gasteiger partial charge in [-0.05, 0) is 44.0 Å². The van der Waals surface area contributed by atoms with Crippen LogP contribution in [0.3, 0.4) is 0 Å². The van der Waals surface area contributed by atoms with Crippen LogP contribution >= 0.6 is 0 Å². The van der Waals surface area contributed by atoms with Crippen molar-refractivity contribution in [2.45, 2.75) is 24.5 Å². The van der Waals surface area contributed by atoms with Crippen LogP contribution in [0.5, 0.6) is 0 Å². The second-order valence-electron chi connectivity index (χ2n) is 8.84. The zero-order valence-electron chi connectivity index (χ0n) is 19.5. The molecule has 2 aliphatic rings. The molecular weight excluding hydrogens is 470 g/mol. The number of H-pyrrole nitrogens is 1. The molecule has 2 aromatic heterocycles. The monoisotopic (exact) mass is 497 g/mol. The summed E-state index contributed by atoms with van der Waals surface area (Å²) in [5.74, 6) is 1.14. The topological polar surface area (TPSA) is 142 Å². The van der Waals surface area contributed by atoms with Crippen LogP contribution in [-0.4, -0.2) is 67.2 Å². The molecule has 1 aliphatic heterocycles. The second-order valence-corrected chi connectivity index (χ2v) is 11.2. The Morgan fingerprint density at radius 2 is 1.83 bits per heavy atom. The largest absolute Gasteiger partial charge is 0.378 e. The van der Waals surface area contributed by atoms with Crippen LogP contribution in [-0.2, 0) is 19.3 Å². The third-order valence-corrected chi connectivity index (χ3v) is 8.45. The second kappa shape index (κ2) is 8.93. The van der Waals surface area contributed by atoms with Crippen LogP contribution in [0.25, 0.3) is 11.4 Å². The molecule has 5 rings (SSSR count). The average Bonchev–Trinajstić information content (AvgIpc) is 3.59. The number of benzene rings is 1. The fourth-order valence-corrected chi connectivity index (χ4v) is 5.48. The highest BCUT2D eigenvalue weighted by Gasteiger charge is 2.55. The molecule has 35 heavy (non-hydrogen) atoms. The van der Waals surface area contributed by atoms with Gasteiger partial charge < -0.3 is 20.3 Å².